The Balaban J connectivity index is 2.66. The maximum atomic E-state index is 8.49. The molecule has 1 heterocycles. The van der Waals surface area contributed by atoms with Crippen LogP contribution in [0.15, 0.2) is 28.4 Å². The van der Waals surface area contributed by atoms with Gasteiger partial charge in [0, 0.05) is 24.0 Å². The minimum Gasteiger partial charge on any atom is -0.409 e. The number of hydrogen-bond acceptors (Lipinski definition) is 5. The van der Waals surface area contributed by atoms with E-state index >= 15 is 0 Å². The molecule has 0 bridgehead atoms. The highest BCUT2D eigenvalue weighted by Gasteiger charge is 2.02. The van der Waals surface area contributed by atoms with E-state index in [4.69, 9.17) is 15.7 Å². The SMILES string of the molecule is COCCSc1ccnc(C(N)=NO)c1. The first-order chi connectivity index (χ1) is 7.27. The second kappa shape index (κ2) is 6.26. The molecule has 0 saturated carbocycles. The molecule has 0 aromatic carbocycles. The van der Waals surface area contributed by atoms with E-state index in [1.54, 1.807) is 31.1 Å². The van der Waals surface area contributed by atoms with Crippen molar-refractivity contribution in [2.75, 3.05) is 19.5 Å². The standard InChI is InChI=1S/C9H13N3O2S/c1-14-4-5-15-7-2-3-11-8(6-7)9(10)12-13/h2-3,6,13H,4-5H2,1H3,(H2,10,12). The molecule has 0 amide bonds. The Bertz CT molecular complexity index is 344. The summed E-state index contributed by atoms with van der Waals surface area (Å²) in [6, 6.07) is 3.64. The molecule has 3 N–H and O–H groups in total. The zero-order valence-corrected chi connectivity index (χ0v) is 9.20. The van der Waals surface area contributed by atoms with Crippen LogP contribution in [0.25, 0.3) is 0 Å². The molecule has 15 heavy (non-hydrogen) atoms. The van der Waals surface area contributed by atoms with Gasteiger partial charge in [-0.05, 0) is 12.1 Å². The van der Waals surface area contributed by atoms with Crippen LogP contribution in [0.1, 0.15) is 5.69 Å². The number of nitrogens with two attached hydrogens (primary N) is 1. The normalized spacial score (nSPS) is 11.7. The molecule has 1 aromatic heterocycles. The third-order valence-corrected chi connectivity index (χ3v) is 2.62. The summed E-state index contributed by atoms with van der Waals surface area (Å²) in [6.45, 7) is 0.686. The fourth-order valence-corrected chi connectivity index (χ4v) is 1.77. The van der Waals surface area contributed by atoms with Gasteiger partial charge >= 0.3 is 0 Å². The van der Waals surface area contributed by atoms with Gasteiger partial charge in [-0.1, -0.05) is 5.16 Å². The zero-order valence-electron chi connectivity index (χ0n) is 8.38. The zero-order chi connectivity index (χ0) is 11.1. The van der Waals surface area contributed by atoms with E-state index in [0.29, 0.717) is 12.3 Å². The molecule has 0 saturated heterocycles. The van der Waals surface area contributed by atoms with E-state index in [1.165, 1.54) is 0 Å². The minimum atomic E-state index is 0.0178. The van der Waals surface area contributed by atoms with Crippen LogP contribution in [0.3, 0.4) is 0 Å². The second-order valence-corrected chi connectivity index (χ2v) is 3.87. The lowest BCUT2D eigenvalue weighted by Gasteiger charge is -2.02. The number of nitrogens with zero attached hydrogens (tertiary/aromatic N) is 2. The molecule has 6 heteroatoms. The predicted molar refractivity (Wildman–Crippen MR) is 59.3 cm³/mol. The van der Waals surface area contributed by atoms with E-state index < -0.39 is 0 Å². The first kappa shape index (κ1) is 11.8. The first-order valence-corrected chi connectivity index (χ1v) is 5.32. The quantitative estimate of drug-likeness (QED) is 0.195. The fourth-order valence-electron chi connectivity index (χ4n) is 0.935. The number of thioether (sulfide) groups is 1. The molecule has 0 spiro atoms. The number of pyridine rings is 1. The summed E-state index contributed by atoms with van der Waals surface area (Å²) in [5, 5.41) is 11.4. The van der Waals surface area contributed by atoms with E-state index in [9.17, 15) is 0 Å². The number of oxime groups is 1. The summed E-state index contributed by atoms with van der Waals surface area (Å²) >= 11 is 1.63. The molecule has 0 aliphatic heterocycles. The summed E-state index contributed by atoms with van der Waals surface area (Å²) < 4.78 is 4.94. The summed E-state index contributed by atoms with van der Waals surface area (Å²) in [7, 11) is 1.66. The lowest BCUT2D eigenvalue weighted by Crippen LogP contribution is -2.14. The van der Waals surface area contributed by atoms with E-state index in [1.807, 2.05) is 6.07 Å². The van der Waals surface area contributed by atoms with Gasteiger partial charge in [0.1, 0.15) is 5.69 Å². The molecule has 1 aromatic rings. The largest absolute Gasteiger partial charge is 0.409 e. The maximum absolute atomic E-state index is 8.49. The molecule has 0 atom stereocenters. The van der Waals surface area contributed by atoms with Crippen LogP contribution in [0.4, 0.5) is 0 Å². The van der Waals surface area contributed by atoms with Crippen LogP contribution in [0.2, 0.25) is 0 Å². The number of amidine groups is 1. The minimum absolute atomic E-state index is 0.0178. The highest BCUT2D eigenvalue weighted by molar-refractivity contribution is 7.99. The van der Waals surface area contributed by atoms with Gasteiger partial charge < -0.3 is 15.7 Å². The molecule has 0 radical (unpaired) electrons. The summed E-state index contributed by atoms with van der Waals surface area (Å²) in [5.41, 5.74) is 5.89. The Labute approximate surface area is 92.3 Å². The highest BCUT2D eigenvalue weighted by atomic mass is 32.2. The van der Waals surface area contributed by atoms with Crippen molar-refractivity contribution in [2.45, 2.75) is 4.90 Å². The van der Waals surface area contributed by atoms with Crippen LogP contribution < -0.4 is 5.73 Å². The number of methoxy groups -OCH3 is 1. The van der Waals surface area contributed by atoms with E-state index in [2.05, 4.69) is 10.1 Å². The van der Waals surface area contributed by atoms with Crippen molar-refractivity contribution in [2.24, 2.45) is 10.9 Å². The van der Waals surface area contributed by atoms with Crippen molar-refractivity contribution in [3.05, 3.63) is 24.0 Å². The van der Waals surface area contributed by atoms with Crippen molar-refractivity contribution in [3.63, 3.8) is 0 Å². The van der Waals surface area contributed by atoms with E-state index in [-0.39, 0.29) is 5.84 Å². The van der Waals surface area contributed by atoms with Gasteiger partial charge in [-0.15, -0.1) is 11.8 Å². The molecule has 0 fully saturated rings. The second-order valence-electron chi connectivity index (χ2n) is 2.70. The predicted octanol–water partition coefficient (Wildman–Crippen LogP) is 0.915. The van der Waals surface area contributed by atoms with Crippen molar-refractivity contribution in [3.8, 4) is 0 Å². The smallest absolute Gasteiger partial charge is 0.188 e. The third kappa shape index (κ3) is 3.77. The van der Waals surface area contributed by atoms with Crippen LogP contribution in [-0.4, -0.2) is 35.5 Å². The Morgan fingerprint density at radius 2 is 2.53 bits per heavy atom. The molecule has 5 nitrogen and oxygen atoms in total. The lowest BCUT2D eigenvalue weighted by molar-refractivity contribution is 0.218. The van der Waals surface area contributed by atoms with Crippen molar-refractivity contribution < 1.29 is 9.94 Å². The lowest BCUT2D eigenvalue weighted by atomic mass is 10.3. The number of rotatable bonds is 5. The fraction of sp³-hybridized carbons (Fsp3) is 0.333. The van der Waals surface area contributed by atoms with Gasteiger partial charge in [0.2, 0.25) is 0 Å². The van der Waals surface area contributed by atoms with Gasteiger partial charge in [-0.3, -0.25) is 4.98 Å². The van der Waals surface area contributed by atoms with Gasteiger partial charge in [-0.2, -0.15) is 0 Å². The summed E-state index contributed by atoms with van der Waals surface area (Å²) in [4.78, 5) is 5.00. The molecule has 1 rings (SSSR count). The average molecular weight is 227 g/mol. The Morgan fingerprint density at radius 1 is 1.73 bits per heavy atom. The van der Waals surface area contributed by atoms with Crippen LogP contribution in [-0.2, 0) is 4.74 Å². The van der Waals surface area contributed by atoms with Gasteiger partial charge in [0.05, 0.1) is 6.61 Å². The number of hydrogen-bond donors (Lipinski definition) is 2. The summed E-state index contributed by atoms with van der Waals surface area (Å²) in [6.07, 6.45) is 1.63. The number of ether oxygens (including phenoxy) is 1. The Morgan fingerprint density at radius 3 is 3.20 bits per heavy atom. The molecular weight excluding hydrogens is 214 g/mol. The molecule has 0 unspecified atom stereocenters. The van der Waals surface area contributed by atoms with Crippen LogP contribution in [0.5, 0.6) is 0 Å². The van der Waals surface area contributed by atoms with Gasteiger partial charge in [0.25, 0.3) is 0 Å². The van der Waals surface area contributed by atoms with Gasteiger partial charge in [0.15, 0.2) is 5.84 Å². The van der Waals surface area contributed by atoms with Crippen molar-refractivity contribution >= 4 is 17.6 Å². The third-order valence-electron chi connectivity index (χ3n) is 1.66. The van der Waals surface area contributed by atoms with Crippen molar-refractivity contribution in [1.29, 1.82) is 0 Å². The summed E-state index contributed by atoms with van der Waals surface area (Å²) in [5.74, 6) is 0.875. The Kier molecular flexibility index (Phi) is 4.92. The maximum Gasteiger partial charge on any atom is 0.188 e. The highest BCUT2D eigenvalue weighted by Crippen LogP contribution is 2.17. The molecule has 0 aliphatic rings. The van der Waals surface area contributed by atoms with Crippen LogP contribution >= 0.6 is 11.8 Å². The molecule has 0 aliphatic carbocycles. The van der Waals surface area contributed by atoms with E-state index in [0.717, 1.165) is 10.6 Å². The van der Waals surface area contributed by atoms with Gasteiger partial charge in [-0.25, -0.2) is 0 Å². The molecular formula is C9H13N3O2S. The van der Waals surface area contributed by atoms with Crippen molar-refractivity contribution in [1.82, 2.24) is 4.98 Å². The first-order valence-electron chi connectivity index (χ1n) is 4.33. The number of aromatic nitrogens is 1. The molecule has 82 valence electrons. The van der Waals surface area contributed by atoms with Crippen LogP contribution in [0, 0.1) is 0 Å². The topological polar surface area (TPSA) is 80.7 Å². The Hall–Kier alpha value is -1.27. The monoisotopic (exact) mass is 227 g/mol. The average Bonchev–Trinajstić information content (AvgIpc) is 2.29.